The topological polar surface area (TPSA) is 32.3 Å². The Morgan fingerprint density at radius 3 is 2.54 bits per heavy atom. The Kier molecular flexibility index (Phi) is 5.26. The van der Waals surface area contributed by atoms with Gasteiger partial charge >= 0.3 is 0 Å². The molecule has 0 spiro atoms. The third-order valence-electron chi connectivity index (χ3n) is 4.53. The average Bonchev–Trinajstić information content (AvgIpc) is 2.58. The normalized spacial score (nSPS) is 19.7. The Hall–Kier alpha value is -2.20. The van der Waals surface area contributed by atoms with Gasteiger partial charge in [0.25, 0.3) is 0 Å². The lowest BCUT2D eigenvalue weighted by Gasteiger charge is -2.36. The number of benzene rings is 2. The number of carbonyl (C=O) groups excluding carboxylic acids is 1. The molecule has 0 aromatic heterocycles. The molecule has 1 aliphatic heterocycles. The van der Waals surface area contributed by atoms with Gasteiger partial charge in [0.1, 0.15) is 11.9 Å². The summed E-state index contributed by atoms with van der Waals surface area (Å²) in [6, 6.07) is 15.4. The molecule has 1 aliphatic rings. The smallest absolute Gasteiger partial charge is 0.246 e. The van der Waals surface area contributed by atoms with Crippen molar-refractivity contribution in [1.82, 2.24) is 4.90 Å². The minimum atomic E-state index is -0.320. The highest BCUT2D eigenvalue weighted by Gasteiger charge is 2.30. The first-order valence-electron chi connectivity index (χ1n) is 8.49. The number of hydrogen-bond donors (Lipinski definition) is 1. The SMILES string of the molecule is C[C@H]1CCCN([C@H](C(=O)Nc2ccc(F)cc2)c2ccccc2)C1. The van der Waals surface area contributed by atoms with Crippen LogP contribution < -0.4 is 5.32 Å². The molecule has 2 atom stereocenters. The van der Waals surface area contributed by atoms with E-state index in [4.69, 9.17) is 0 Å². The fourth-order valence-electron chi connectivity index (χ4n) is 3.37. The van der Waals surface area contributed by atoms with E-state index in [0.717, 1.165) is 25.1 Å². The molecular weight excluding hydrogens is 303 g/mol. The summed E-state index contributed by atoms with van der Waals surface area (Å²) in [5, 5.41) is 2.93. The van der Waals surface area contributed by atoms with Gasteiger partial charge in [0, 0.05) is 12.2 Å². The van der Waals surface area contributed by atoms with Crippen molar-refractivity contribution in [3.8, 4) is 0 Å². The molecule has 126 valence electrons. The quantitative estimate of drug-likeness (QED) is 0.911. The van der Waals surface area contributed by atoms with Crippen molar-refractivity contribution in [2.75, 3.05) is 18.4 Å². The predicted octanol–water partition coefficient (Wildman–Crippen LogP) is 4.24. The summed E-state index contributed by atoms with van der Waals surface area (Å²) < 4.78 is 13.1. The third-order valence-corrected chi connectivity index (χ3v) is 4.53. The fraction of sp³-hybridized carbons (Fsp3) is 0.350. The minimum Gasteiger partial charge on any atom is -0.324 e. The molecule has 3 rings (SSSR count). The zero-order chi connectivity index (χ0) is 16.9. The van der Waals surface area contributed by atoms with Gasteiger partial charge in [-0.1, -0.05) is 37.3 Å². The van der Waals surface area contributed by atoms with Crippen molar-refractivity contribution in [2.45, 2.75) is 25.8 Å². The minimum absolute atomic E-state index is 0.0677. The van der Waals surface area contributed by atoms with E-state index in [2.05, 4.69) is 17.1 Å². The van der Waals surface area contributed by atoms with Crippen LogP contribution in [0.3, 0.4) is 0 Å². The third kappa shape index (κ3) is 4.01. The van der Waals surface area contributed by atoms with E-state index in [9.17, 15) is 9.18 Å². The van der Waals surface area contributed by atoms with Crippen molar-refractivity contribution in [3.05, 3.63) is 66.0 Å². The van der Waals surface area contributed by atoms with Gasteiger partial charge in [-0.3, -0.25) is 9.69 Å². The Bertz CT molecular complexity index is 672. The Labute approximate surface area is 142 Å². The summed E-state index contributed by atoms with van der Waals surface area (Å²) in [5.74, 6) is 0.211. The number of hydrogen-bond acceptors (Lipinski definition) is 2. The van der Waals surface area contributed by atoms with E-state index in [1.165, 1.54) is 18.6 Å². The maximum Gasteiger partial charge on any atom is 0.246 e. The summed E-state index contributed by atoms with van der Waals surface area (Å²) in [6.45, 7) is 4.06. The number of anilines is 1. The molecule has 2 aromatic rings. The fourth-order valence-corrected chi connectivity index (χ4v) is 3.37. The number of likely N-dealkylation sites (tertiary alicyclic amines) is 1. The highest BCUT2D eigenvalue weighted by Crippen LogP contribution is 2.28. The van der Waals surface area contributed by atoms with Crippen LogP contribution in [0.4, 0.5) is 10.1 Å². The van der Waals surface area contributed by atoms with Crippen molar-refractivity contribution in [2.24, 2.45) is 5.92 Å². The highest BCUT2D eigenvalue weighted by atomic mass is 19.1. The summed E-state index contributed by atoms with van der Waals surface area (Å²) >= 11 is 0. The lowest BCUT2D eigenvalue weighted by molar-refractivity contribution is -0.122. The molecule has 0 saturated carbocycles. The monoisotopic (exact) mass is 326 g/mol. The van der Waals surface area contributed by atoms with Crippen LogP contribution in [0, 0.1) is 11.7 Å². The lowest BCUT2D eigenvalue weighted by Crippen LogP contribution is -2.42. The first kappa shape index (κ1) is 16.7. The van der Waals surface area contributed by atoms with Crippen LogP contribution in [0.1, 0.15) is 31.4 Å². The highest BCUT2D eigenvalue weighted by molar-refractivity contribution is 5.95. The standard InChI is InChI=1S/C20H23FN2O/c1-15-6-5-13-23(14-15)19(16-7-3-2-4-8-16)20(24)22-18-11-9-17(21)10-12-18/h2-4,7-12,15,19H,5-6,13-14H2,1H3,(H,22,24)/t15-,19-/m0/s1. The molecule has 1 N–H and O–H groups in total. The first-order chi connectivity index (χ1) is 11.6. The van der Waals surface area contributed by atoms with Crippen LogP contribution in [0.15, 0.2) is 54.6 Å². The Morgan fingerprint density at radius 1 is 1.17 bits per heavy atom. The number of rotatable bonds is 4. The summed E-state index contributed by atoms with van der Waals surface area (Å²) in [7, 11) is 0. The number of piperidine rings is 1. The molecule has 24 heavy (non-hydrogen) atoms. The maximum atomic E-state index is 13.1. The molecule has 1 fully saturated rings. The zero-order valence-electron chi connectivity index (χ0n) is 13.9. The van der Waals surface area contributed by atoms with Gasteiger partial charge in [-0.05, 0) is 55.1 Å². The number of nitrogens with one attached hydrogen (secondary N) is 1. The Morgan fingerprint density at radius 2 is 1.88 bits per heavy atom. The van der Waals surface area contributed by atoms with E-state index in [1.807, 2.05) is 30.3 Å². The Balaban J connectivity index is 1.83. The largest absolute Gasteiger partial charge is 0.324 e. The van der Waals surface area contributed by atoms with Gasteiger partial charge in [-0.25, -0.2) is 4.39 Å². The van der Waals surface area contributed by atoms with Gasteiger partial charge in [0.2, 0.25) is 5.91 Å². The molecular formula is C20H23FN2O. The summed E-state index contributed by atoms with van der Waals surface area (Å²) in [5.41, 5.74) is 1.61. The number of carbonyl (C=O) groups is 1. The molecule has 4 heteroatoms. The second-order valence-corrected chi connectivity index (χ2v) is 6.55. The molecule has 2 aromatic carbocycles. The van der Waals surface area contributed by atoms with E-state index in [-0.39, 0.29) is 17.8 Å². The van der Waals surface area contributed by atoms with Crippen molar-refractivity contribution in [3.63, 3.8) is 0 Å². The van der Waals surface area contributed by atoms with Crippen LogP contribution >= 0.6 is 0 Å². The van der Waals surface area contributed by atoms with Crippen LogP contribution in [-0.2, 0) is 4.79 Å². The molecule has 0 bridgehead atoms. The van der Waals surface area contributed by atoms with Gasteiger partial charge < -0.3 is 5.32 Å². The van der Waals surface area contributed by atoms with Gasteiger partial charge in [0.05, 0.1) is 0 Å². The summed E-state index contributed by atoms with van der Waals surface area (Å²) in [6.07, 6.45) is 2.31. The molecule has 1 heterocycles. The molecule has 1 saturated heterocycles. The molecule has 0 radical (unpaired) electrons. The number of amides is 1. The number of nitrogens with zero attached hydrogens (tertiary/aromatic N) is 1. The van der Waals surface area contributed by atoms with Crippen molar-refractivity contribution < 1.29 is 9.18 Å². The first-order valence-corrected chi connectivity index (χ1v) is 8.49. The second-order valence-electron chi connectivity index (χ2n) is 6.55. The van der Waals surface area contributed by atoms with E-state index in [0.29, 0.717) is 11.6 Å². The molecule has 0 unspecified atom stereocenters. The average molecular weight is 326 g/mol. The molecule has 1 amide bonds. The van der Waals surface area contributed by atoms with Crippen LogP contribution in [0.5, 0.6) is 0 Å². The zero-order valence-corrected chi connectivity index (χ0v) is 13.9. The van der Waals surface area contributed by atoms with E-state index in [1.54, 1.807) is 12.1 Å². The van der Waals surface area contributed by atoms with Gasteiger partial charge in [-0.15, -0.1) is 0 Å². The maximum absolute atomic E-state index is 13.1. The van der Waals surface area contributed by atoms with Gasteiger partial charge in [-0.2, -0.15) is 0 Å². The summed E-state index contributed by atoms with van der Waals surface area (Å²) in [4.78, 5) is 15.2. The van der Waals surface area contributed by atoms with Gasteiger partial charge in [0.15, 0.2) is 0 Å². The predicted molar refractivity (Wildman–Crippen MR) is 94.2 cm³/mol. The van der Waals surface area contributed by atoms with Crippen LogP contribution in [-0.4, -0.2) is 23.9 Å². The van der Waals surface area contributed by atoms with Crippen LogP contribution in [0.25, 0.3) is 0 Å². The molecule has 0 aliphatic carbocycles. The second kappa shape index (κ2) is 7.58. The molecule has 3 nitrogen and oxygen atoms in total. The van der Waals surface area contributed by atoms with E-state index < -0.39 is 0 Å². The van der Waals surface area contributed by atoms with E-state index >= 15 is 0 Å². The van der Waals surface area contributed by atoms with Crippen molar-refractivity contribution in [1.29, 1.82) is 0 Å². The number of halogens is 1. The van der Waals surface area contributed by atoms with Crippen LogP contribution in [0.2, 0.25) is 0 Å². The lowest BCUT2D eigenvalue weighted by atomic mass is 9.95. The van der Waals surface area contributed by atoms with Crippen molar-refractivity contribution >= 4 is 11.6 Å².